The number of amides is 2. The largest absolute Gasteiger partial charge is 0.342 e. The third-order valence-corrected chi connectivity index (χ3v) is 4.15. The highest BCUT2D eigenvalue weighted by molar-refractivity contribution is 6.30. The predicted octanol–water partition coefficient (Wildman–Crippen LogP) is 3.63. The number of carbonyl (C=O) groups excluding carboxylic acids is 2. The molecule has 6 heteroatoms. The molecule has 0 radical (unpaired) electrons. The van der Waals surface area contributed by atoms with Crippen molar-refractivity contribution >= 4 is 29.1 Å². The fraction of sp³-hybridized carbons (Fsp3) is 0.250. The van der Waals surface area contributed by atoms with Gasteiger partial charge in [-0.2, -0.15) is 5.26 Å². The van der Waals surface area contributed by atoms with E-state index in [-0.39, 0.29) is 18.2 Å². The zero-order valence-corrected chi connectivity index (χ0v) is 15.3. The Labute approximate surface area is 158 Å². The molecule has 26 heavy (non-hydrogen) atoms. The van der Waals surface area contributed by atoms with Crippen molar-refractivity contribution in [1.29, 1.82) is 5.26 Å². The van der Waals surface area contributed by atoms with Gasteiger partial charge in [-0.05, 0) is 48.4 Å². The van der Waals surface area contributed by atoms with Crippen LogP contribution in [0, 0.1) is 11.3 Å². The normalized spacial score (nSPS) is 10.0. The van der Waals surface area contributed by atoms with E-state index in [0.29, 0.717) is 35.8 Å². The molecule has 2 amide bonds. The van der Waals surface area contributed by atoms with Crippen molar-refractivity contribution in [3.63, 3.8) is 0 Å². The van der Waals surface area contributed by atoms with Gasteiger partial charge >= 0.3 is 0 Å². The molecule has 2 aromatic rings. The number of rotatable bonds is 7. The fourth-order valence-electron chi connectivity index (χ4n) is 2.47. The number of nitriles is 1. The molecule has 0 unspecified atom stereocenters. The van der Waals surface area contributed by atoms with Crippen LogP contribution in [0.3, 0.4) is 0 Å². The highest BCUT2D eigenvalue weighted by Crippen LogP contribution is 2.12. The van der Waals surface area contributed by atoms with E-state index in [1.807, 2.05) is 24.3 Å². The van der Waals surface area contributed by atoms with Crippen molar-refractivity contribution in [2.45, 2.75) is 19.8 Å². The van der Waals surface area contributed by atoms with Gasteiger partial charge in [-0.3, -0.25) is 9.59 Å². The lowest BCUT2D eigenvalue weighted by molar-refractivity contribution is -0.129. The molecule has 0 heterocycles. The lowest BCUT2D eigenvalue weighted by atomic mass is 10.1. The van der Waals surface area contributed by atoms with Crippen molar-refractivity contribution in [1.82, 2.24) is 4.90 Å². The summed E-state index contributed by atoms with van der Waals surface area (Å²) >= 11 is 5.97. The first-order valence-corrected chi connectivity index (χ1v) is 8.65. The standard InChI is InChI=1S/C20H20ClN3O2/c1-15(25)24(11-9-16-3-2-4-18(21)13-16)12-10-20(26)23-19-7-5-17(14-22)6-8-19/h2-8,13H,9-12H2,1H3,(H,23,26). The molecule has 0 spiro atoms. The van der Waals surface area contributed by atoms with Crippen LogP contribution in [0.5, 0.6) is 0 Å². The highest BCUT2D eigenvalue weighted by Gasteiger charge is 2.12. The van der Waals surface area contributed by atoms with Gasteiger partial charge in [0.15, 0.2) is 0 Å². The zero-order valence-electron chi connectivity index (χ0n) is 14.5. The lowest BCUT2D eigenvalue weighted by Gasteiger charge is -2.21. The van der Waals surface area contributed by atoms with Crippen LogP contribution in [0.4, 0.5) is 5.69 Å². The fourth-order valence-corrected chi connectivity index (χ4v) is 2.68. The third-order valence-electron chi connectivity index (χ3n) is 3.91. The average Bonchev–Trinajstić information content (AvgIpc) is 2.62. The second-order valence-corrected chi connectivity index (χ2v) is 6.31. The topological polar surface area (TPSA) is 73.2 Å². The smallest absolute Gasteiger partial charge is 0.226 e. The number of halogens is 1. The Hall–Kier alpha value is -2.84. The number of carbonyl (C=O) groups is 2. The molecule has 0 aliphatic heterocycles. The first-order chi connectivity index (χ1) is 12.5. The molecular formula is C20H20ClN3O2. The van der Waals surface area contributed by atoms with E-state index in [2.05, 4.69) is 5.32 Å². The molecule has 2 aromatic carbocycles. The summed E-state index contributed by atoms with van der Waals surface area (Å²) in [5.74, 6) is -0.248. The van der Waals surface area contributed by atoms with Crippen LogP contribution in [0.15, 0.2) is 48.5 Å². The zero-order chi connectivity index (χ0) is 18.9. The second-order valence-electron chi connectivity index (χ2n) is 5.87. The molecule has 0 aliphatic carbocycles. The van der Waals surface area contributed by atoms with E-state index in [1.54, 1.807) is 35.2 Å². The number of anilines is 1. The molecule has 5 nitrogen and oxygen atoms in total. The van der Waals surface area contributed by atoms with E-state index < -0.39 is 0 Å². The van der Waals surface area contributed by atoms with Crippen LogP contribution in [0.1, 0.15) is 24.5 Å². The molecule has 1 N–H and O–H groups in total. The van der Waals surface area contributed by atoms with Gasteiger partial charge in [0.2, 0.25) is 11.8 Å². The second kappa shape index (κ2) is 9.59. The molecule has 2 rings (SSSR count). The lowest BCUT2D eigenvalue weighted by Crippen LogP contribution is -2.33. The third kappa shape index (κ3) is 6.23. The summed E-state index contributed by atoms with van der Waals surface area (Å²) < 4.78 is 0. The summed E-state index contributed by atoms with van der Waals surface area (Å²) in [6.07, 6.45) is 0.881. The summed E-state index contributed by atoms with van der Waals surface area (Å²) in [5, 5.41) is 12.2. The molecular weight excluding hydrogens is 350 g/mol. The summed E-state index contributed by atoms with van der Waals surface area (Å²) in [6, 6.07) is 16.2. The molecule has 0 saturated carbocycles. The summed E-state index contributed by atoms with van der Waals surface area (Å²) in [6.45, 7) is 2.37. The van der Waals surface area contributed by atoms with Gasteiger partial charge in [-0.15, -0.1) is 0 Å². The van der Waals surface area contributed by atoms with Crippen molar-refractivity contribution < 1.29 is 9.59 Å². The quantitative estimate of drug-likeness (QED) is 0.809. The monoisotopic (exact) mass is 369 g/mol. The van der Waals surface area contributed by atoms with Crippen molar-refractivity contribution in [2.24, 2.45) is 0 Å². The average molecular weight is 370 g/mol. The maximum atomic E-state index is 12.1. The van der Waals surface area contributed by atoms with Gasteiger partial charge in [-0.1, -0.05) is 23.7 Å². The number of nitrogens with one attached hydrogen (secondary N) is 1. The van der Waals surface area contributed by atoms with Crippen LogP contribution in [0.2, 0.25) is 5.02 Å². The molecule has 0 bridgehead atoms. The Morgan fingerprint density at radius 1 is 1.15 bits per heavy atom. The van der Waals surface area contributed by atoms with Crippen molar-refractivity contribution in [3.8, 4) is 6.07 Å². The van der Waals surface area contributed by atoms with E-state index in [4.69, 9.17) is 16.9 Å². The van der Waals surface area contributed by atoms with E-state index in [9.17, 15) is 9.59 Å². The SMILES string of the molecule is CC(=O)N(CCC(=O)Nc1ccc(C#N)cc1)CCc1cccc(Cl)c1. The Kier molecular flexibility index (Phi) is 7.19. The van der Waals surface area contributed by atoms with Crippen molar-refractivity contribution in [3.05, 3.63) is 64.7 Å². The first-order valence-electron chi connectivity index (χ1n) is 8.28. The Morgan fingerprint density at radius 3 is 2.50 bits per heavy atom. The van der Waals surface area contributed by atoms with Crippen LogP contribution in [0.25, 0.3) is 0 Å². The highest BCUT2D eigenvalue weighted by atomic mass is 35.5. The maximum absolute atomic E-state index is 12.1. The van der Waals surface area contributed by atoms with E-state index >= 15 is 0 Å². The van der Waals surface area contributed by atoms with Crippen LogP contribution in [-0.2, 0) is 16.0 Å². The van der Waals surface area contributed by atoms with Crippen molar-refractivity contribution in [2.75, 3.05) is 18.4 Å². The minimum absolute atomic E-state index is 0.0711. The van der Waals surface area contributed by atoms with Gasteiger partial charge in [0.1, 0.15) is 0 Å². The molecule has 0 saturated heterocycles. The number of hydrogen-bond donors (Lipinski definition) is 1. The summed E-state index contributed by atoms with van der Waals surface area (Å²) in [7, 11) is 0. The molecule has 0 fully saturated rings. The Bertz CT molecular complexity index is 813. The van der Waals surface area contributed by atoms with Gasteiger partial charge in [0.05, 0.1) is 11.6 Å². The maximum Gasteiger partial charge on any atom is 0.226 e. The first kappa shape index (κ1) is 19.5. The molecule has 0 aromatic heterocycles. The van der Waals surface area contributed by atoms with E-state index in [1.165, 1.54) is 6.92 Å². The number of benzene rings is 2. The van der Waals surface area contributed by atoms with Gasteiger partial charge in [-0.25, -0.2) is 0 Å². The number of nitrogens with zero attached hydrogens (tertiary/aromatic N) is 2. The summed E-state index contributed by atoms with van der Waals surface area (Å²) in [4.78, 5) is 25.5. The molecule has 0 aliphatic rings. The van der Waals surface area contributed by atoms with Gasteiger partial charge in [0, 0.05) is 37.1 Å². The number of hydrogen-bond acceptors (Lipinski definition) is 3. The van der Waals surface area contributed by atoms with E-state index in [0.717, 1.165) is 5.56 Å². The van der Waals surface area contributed by atoms with Crippen LogP contribution < -0.4 is 5.32 Å². The summed E-state index contributed by atoms with van der Waals surface area (Å²) in [5.41, 5.74) is 2.21. The predicted molar refractivity (Wildman–Crippen MR) is 102 cm³/mol. The van der Waals surface area contributed by atoms with Gasteiger partial charge in [0.25, 0.3) is 0 Å². The minimum Gasteiger partial charge on any atom is -0.342 e. The van der Waals surface area contributed by atoms with Crippen LogP contribution in [-0.4, -0.2) is 29.8 Å². The van der Waals surface area contributed by atoms with Crippen LogP contribution >= 0.6 is 11.6 Å². The minimum atomic E-state index is -0.177. The Balaban J connectivity index is 1.84. The molecule has 134 valence electrons. The molecule has 0 atom stereocenters. The van der Waals surface area contributed by atoms with Gasteiger partial charge < -0.3 is 10.2 Å². The Morgan fingerprint density at radius 2 is 1.88 bits per heavy atom.